The van der Waals surface area contributed by atoms with Crippen LogP contribution in [0, 0.1) is 12.3 Å². The third-order valence-corrected chi connectivity index (χ3v) is 4.02. The Labute approximate surface area is 111 Å². The molecular weight excluding hydrogens is 222 g/mol. The quantitative estimate of drug-likeness (QED) is 0.891. The van der Waals surface area contributed by atoms with E-state index < -0.39 is 0 Å². The van der Waals surface area contributed by atoms with E-state index >= 15 is 0 Å². The van der Waals surface area contributed by atoms with Gasteiger partial charge in [0.25, 0.3) is 0 Å². The van der Waals surface area contributed by atoms with Crippen LogP contribution in [0.1, 0.15) is 37.5 Å². The summed E-state index contributed by atoms with van der Waals surface area (Å²) in [7, 11) is 0. The van der Waals surface area contributed by atoms with Gasteiger partial charge in [0.2, 0.25) is 0 Å². The van der Waals surface area contributed by atoms with E-state index in [0.29, 0.717) is 6.54 Å². The van der Waals surface area contributed by atoms with Crippen molar-refractivity contribution < 1.29 is 4.74 Å². The maximum absolute atomic E-state index is 5.89. The first kappa shape index (κ1) is 13.6. The highest BCUT2D eigenvalue weighted by molar-refractivity contribution is 5.35. The fourth-order valence-corrected chi connectivity index (χ4v) is 2.45. The normalized spacial score (nSPS) is 18.5. The van der Waals surface area contributed by atoms with Crippen LogP contribution >= 0.6 is 0 Å². The highest BCUT2D eigenvalue weighted by atomic mass is 16.5. The molecular formula is C16H25NO. The first-order valence-electron chi connectivity index (χ1n) is 6.74. The van der Waals surface area contributed by atoms with Crippen molar-refractivity contribution in [3.63, 3.8) is 0 Å². The second-order valence-corrected chi connectivity index (χ2v) is 6.76. The van der Waals surface area contributed by atoms with Crippen molar-refractivity contribution in [3.8, 4) is 0 Å². The van der Waals surface area contributed by atoms with E-state index in [-0.39, 0.29) is 10.8 Å². The van der Waals surface area contributed by atoms with Crippen molar-refractivity contribution >= 4 is 0 Å². The van der Waals surface area contributed by atoms with Gasteiger partial charge < -0.3 is 10.5 Å². The number of hydrogen-bond donors (Lipinski definition) is 1. The van der Waals surface area contributed by atoms with Crippen LogP contribution in [0.3, 0.4) is 0 Å². The molecule has 0 aliphatic carbocycles. The maximum Gasteiger partial charge on any atom is 0.0560 e. The van der Waals surface area contributed by atoms with Gasteiger partial charge in [-0.2, -0.15) is 0 Å². The van der Waals surface area contributed by atoms with E-state index in [1.165, 1.54) is 16.7 Å². The van der Waals surface area contributed by atoms with Gasteiger partial charge >= 0.3 is 0 Å². The maximum atomic E-state index is 5.89. The third-order valence-electron chi connectivity index (χ3n) is 4.02. The number of ether oxygens (including phenoxy) is 1. The number of hydrogen-bond acceptors (Lipinski definition) is 2. The molecule has 2 rings (SSSR count). The molecule has 0 unspecified atom stereocenters. The molecule has 1 fully saturated rings. The zero-order chi connectivity index (χ0) is 13.4. The molecule has 0 aromatic heterocycles. The summed E-state index contributed by atoms with van der Waals surface area (Å²) >= 11 is 0. The monoisotopic (exact) mass is 247 g/mol. The summed E-state index contributed by atoms with van der Waals surface area (Å²) in [6.07, 6.45) is 1.04. The molecule has 0 spiro atoms. The number of aryl methyl sites for hydroxylation is 1. The molecule has 0 amide bonds. The summed E-state index contributed by atoms with van der Waals surface area (Å²) in [6.45, 7) is 11.3. The standard InChI is InChI=1S/C16H25NO/c1-12-7-14(15(2,3)4)6-5-13(12)8-16(9-17)10-18-11-16/h5-7H,8-11,17H2,1-4H3. The van der Waals surface area contributed by atoms with Gasteiger partial charge in [0.05, 0.1) is 13.2 Å². The van der Waals surface area contributed by atoms with Gasteiger partial charge in [-0.05, 0) is 35.4 Å². The molecule has 18 heavy (non-hydrogen) atoms. The molecule has 0 bridgehead atoms. The zero-order valence-corrected chi connectivity index (χ0v) is 12.0. The van der Waals surface area contributed by atoms with Gasteiger partial charge in [0, 0.05) is 12.0 Å². The Morgan fingerprint density at radius 3 is 2.33 bits per heavy atom. The first-order valence-corrected chi connectivity index (χ1v) is 6.74. The lowest BCUT2D eigenvalue weighted by atomic mass is 9.77. The van der Waals surface area contributed by atoms with Crippen molar-refractivity contribution in [3.05, 3.63) is 34.9 Å². The molecule has 100 valence electrons. The lowest BCUT2D eigenvalue weighted by Gasteiger charge is -2.41. The van der Waals surface area contributed by atoms with Gasteiger partial charge in [0.15, 0.2) is 0 Å². The van der Waals surface area contributed by atoms with E-state index in [0.717, 1.165) is 19.6 Å². The smallest absolute Gasteiger partial charge is 0.0560 e. The summed E-state index contributed by atoms with van der Waals surface area (Å²) in [5, 5.41) is 0. The topological polar surface area (TPSA) is 35.2 Å². The fraction of sp³-hybridized carbons (Fsp3) is 0.625. The molecule has 2 nitrogen and oxygen atoms in total. The average molecular weight is 247 g/mol. The molecule has 0 radical (unpaired) electrons. The SMILES string of the molecule is Cc1cc(C(C)(C)C)ccc1CC1(CN)COC1. The Bertz CT molecular complexity index is 422. The highest BCUT2D eigenvalue weighted by Crippen LogP contribution is 2.33. The molecule has 1 aliphatic heterocycles. The average Bonchev–Trinajstić information content (AvgIpc) is 2.24. The summed E-state index contributed by atoms with van der Waals surface area (Å²) in [5.41, 5.74) is 10.5. The molecule has 0 saturated carbocycles. The Balaban J connectivity index is 2.20. The molecule has 2 N–H and O–H groups in total. The molecule has 1 aromatic rings. The van der Waals surface area contributed by atoms with Crippen LogP contribution in [0.2, 0.25) is 0 Å². The number of rotatable bonds is 3. The predicted molar refractivity (Wildman–Crippen MR) is 75.9 cm³/mol. The van der Waals surface area contributed by atoms with Crippen LogP contribution in [0.15, 0.2) is 18.2 Å². The van der Waals surface area contributed by atoms with Gasteiger partial charge in [-0.1, -0.05) is 39.0 Å². The molecule has 1 heterocycles. The molecule has 0 atom stereocenters. The van der Waals surface area contributed by atoms with Gasteiger partial charge in [-0.15, -0.1) is 0 Å². The van der Waals surface area contributed by atoms with E-state index in [2.05, 4.69) is 45.9 Å². The van der Waals surface area contributed by atoms with Crippen LogP contribution < -0.4 is 5.73 Å². The Morgan fingerprint density at radius 1 is 1.28 bits per heavy atom. The lowest BCUT2D eigenvalue weighted by molar-refractivity contribution is -0.106. The molecule has 1 aliphatic rings. The van der Waals surface area contributed by atoms with Gasteiger partial charge in [-0.3, -0.25) is 0 Å². The van der Waals surface area contributed by atoms with Gasteiger partial charge in [-0.25, -0.2) is 0 Å². The first-order chi connectivity index (χ1) is 8.36. The largest absolute Gasteiger partial charge is 0.380 e. The van der Waals surface area contributed by atoms with E-state index in [4.69, 9.17) is 10.5 Å². The molecule has 1 aromatic carbocycles. The van der Waals surface area contributed by atoms with Gasteiger partial charge in [0.1, 0.15) is 0 Å². The van der Waals surface area contributed by atoms with Crippen molar-refractivity contribution in [2.75, 3.05) is 19.8 Å². The number of nitrogens with two attached hydrogens (primary N) is 1. The highest BCUT2D eigenvalue weighted by Gasteiger charge is 2.37. The van der Waals surface area contributed by atoms with Crippen molar-refractivity contribution in [2.45, 2.75) is 39.5 Å². The van der Waals surface area contributed by atoms with Crippen LogP contribution in [0.5, 0.6) is 0 Å². The minimum atomic E-state index is 0.189. The van der Waals surface area contributed by atoms with Crippen molar-refractivity contribution in [2.24, 2.45) is 11.1 Å². The van der Waals surface area contributed by atoms with Crippen LogP contribution in [0.4, 0.5) is 0 Å². The second kappa shape index (κ2) is 4.67. The lowest BCUT2D eigenvalue weighted by Crippen LogP contribution is -2.49. The van der Waals surface area contributed by atoms with Crippen molar-refractivity contribution in [1.82, 2.24) is 0 Å². The third kappa shape index (κ3) is 2.60. The molecule has 2 heteroatoms. The predicted octanol–water partition coefficient (Wildman–Crippen LogP) is 2.81. The molecule has 1 saturated heterocycles. The van der Waals surface area contributed by atoms with E-state index in [1.54, 1.807) is 0 Å². The Hall–Kier alpha value is -0.860. The van der Waals surface area contributed by atoms with Crippen molar-refractivity contribution in [1.29, 1.82) is 0 Å². The van der Waals surface area contributed by atoms with Crippen LogP contribution in [0.25, 0.3) is 0 Å². The fourth-order valence-electron chi connectivity index (χ4n) is 2.45. The summed E-state index contributed by atoms with van der Waals surface area (Å²) in [6, 6.07) is 6.84. The van der Waals surface area contributed by atoms with E-state index in [9.17, 15) is 0 Å². The Morgan fingerprint density at radius 2 is 1.94 bits per heavy atom. The summed E-state index contributed by atoms with van der Waals surface area (Å²) < 4.78 is 5.34. The van der Waals surface area contributed by atoms with Crippen LogP contribution in [-0.2, 0) is 16.6 Å². The number of benzene rings is 1. The minimum Gasteiger partial charge on any atom is -0.380 e. The zero-order valence-electron chi connectivity index (χ0n) is 12.0. The minimum absolute atomic E-state index is 0.189. The second-order valence-electron chi connectivity index (χ2n) is 6.76. The summed E-state index contributed by atoms with van der Waals surface area (Å²) in [4.78, 5) is 0. The van der Waals surface area contributed by atoms with Crippen LogP contribution in [-0.4, -0.2) is 19.8 Å². The van der Waals surface area contributed by atoms with E-state index in [1.807, 2.05) is 0 Å². The Kier molecular flexibility index (Phi) is 3.52. The summed E-state index contributed by atoms with van der Waals surface area (Å²) in [5.74, 6) is 0.